The molecule has 0 N–H and O–H groups in total. The van der Waals surface area contributed by atoms with Crippen molar-refractivity contribution < 1.29 is 28.3 Å². The Labute approximate surface area is 64.6 Å². The molecule has 0 spiro atoms. The third kappa shape index (κ3) is 2.19. The van der Waals surface area contributed by atoms with E-state index in [1.165, 1.54) is 12.1 Å². The molecule has 3 heteroatoms. The third-order valence-corrected chi connectivity index (χ3v) is 0.759. The van der Waals surface area contributed by atoms with Crippen LogP contribution in [0.25, 0.3) is 0 Å². The summed E-state index contributed by atoms with van der Waals surface area (Å²) in [5.74, 6) is -1.78. The molecule has 0 aliphatic carbocycles. The first-order valence-electron chi connectivity index (χ1n) is 2.12. The maximum Gasteiger partial charge on any atom is 2.00 e. The number of rotatable bonds is 0. The van der Waals surface area contributed by atoms with Crippen molar-refractivity contribution in [3.63, 3.8) is 0 Å². The Morgan fingerprint density at radius 2 is 2.00 bits per heavy atom. The van der Waals surface area contributed by atoms with Gasteiger partial charge in [0, 0.05) is 11.6 Å². The minimum atomic E-state index is -0.924. The summed E-state index contributed by atoms with van der Waals surface area (Å²) in [5, 5.41) is 0. The van der Waals surface area contributed by atoms with E-state index in [0.29, 0.717) is 0 Å². The van der Waals surface area contributed by atoms with Gasteiger partial charge in [-0.3, -0.25) is 4.39 Å². The van der Waals surface area contributed by atoms with E-state index >= 15 is 0 Å². The standard InChI is InChI=1S/C6H3F2.Zn/c7-5-3-1-2-4-6(5)8;/h1-3H;/q-1;+2. The fourth-order valence-corrected chi connectivity index (χ4v) is 0.396. The van der Waals surface area contributed by atoms with Gasteiger partial charge in [-0.05, 0) is 0 Å². The maximum absolute atomic E-state index is 11.9. The monoisotopic (exact) mass is 177 g/mol. The Bertz CT molecular complexity index is 167. The zero-order chi connectivity index (χ0) is 5.98. The molecule has 0 aromatic heterocycles. The van der Waals surface area contributed by atoms with E-state index in [9.17, 15) is 8.78 Å². The van der Waals surface area contributed by atoms with Crippen LogP contribution < -0.4 is 0 Å². The zero-order valence-electron chi connectivity index (χ0n) is 4.70. The average molecular weight is 178 g/mol. The molecule has 0 saturated carbocycles. The predicted molar refractivity (Wildman–Crippen MR) is 25.2 cm³/mol. The van der Waals surface area contributed by atoms with Gasteiger partial charge in [-0.1, -0.05) is 0 Å². The molecule has 42 valence electrons. The molecule has 0 fully saturated rings. The molecule has 0 amide bonds. The van der Waals surface area contributed by atoms with Crippen LogP contribution in [-0.2, 0) is 19.5 Å². The largest absolute Gasteiger partial charge is 2.00 e. The van der Waals surface area contributed by atoms with Gasteiger partial charge in [0.2, 0.25) is 0 Å². The van der Waals surface area contributed by atoms with E-state index in [1.54, 1.807) is 0 Å². The van der Waals surface area contributed by atoms with Gasteiger partial charge in [0.15, 0.2) is 0 Å². The molecule has 1 rings (SSSR count). The summed E-state index contributed by atoms with van der Waals surface area (Å²) < 4.78 is 23.8. The summed E-state index contributed by atoms with van der Waals surface area (Å²) in [5.41, 5.74) is 0. The van der Waals surface area contributed by atoms with Gasteiger partial charge in [-0.25, -0.2) is 4.39 Å². The van der Waals surface area contributed by atoms with Gasteiger partial charge in [0.25, 0.3) is 0 Å². The van der Waals surface area contributed by atoms with Crippen LogP contribution in [0.3, 0.4) is 0 Å². The van der Waals surface area contributed by atoms with Gasteiger partial charge in [-0.2, -0.15) is 12.1 Å². The molecule has 0 radical (unpaired) electrons. The summed E-state index contributed by atoms with van der Waals surface area (Å²) in [7, 11) is 0. The van der Waals surface area contributed by atoms with Crippen molar-refractivity contribution in [2.75, 3.05) is 0 Å². The minimum absolute atomic E-state index is 0. The fraction of sp³-hybridized carbons (Fsp3) is 0. The van der Waals surface area contributed by atoms with Gasteiger partial charge < -0.3 is 0 Å². The molecule has 0 unspecified atom stereocenters. The van der Waals surface area contributed by atoms with Gasteiger partial charge >= 0.3 is 19.5 Å². The molecule has 0 aliphatic rings. The Hall–Kier alpha value is -0.297. The molecular weight excluding hydrogens is 175 g/mol. The second-order valence-electron chi connectivity index (χ2n) is 1.33. The van der Waals surface area contributed by atoms with Crippen LogP contribution in [0.1, 0.15) is 0 Å². The van der Waals surface area contributed by atoms with Crippen LogP contribution in [-0.4, -0.2) is 0 Å². The molecule has 0 saturated heterocycles. The predicted octanol–water partition coefficient (Wildman–Crippen LogP) is 1.76. The number of benzene rings is 1. The Balaban J connectivity index is 0.000000640. The summed E-state index contributed by atoms with van der Waals surface area (Å²) in [4.78, 5) is 0. The van der Waals surface area contributed by atoms with E-state index in [4.69, 9.17) is 0 Å². The average Bonchev–Trinajstić information content (AvgIpc) is 1.77. The van der Waals surface area contributed by atoms with Crippen LogP contribution in [0.15, 0.2) is 18.2 Å². The van der Waals surface area contributed by atoms with Crippen molar-refractivity contribution in [1.82, 2.24) is 0 Å². The summed E-state index contributed by atoms with van der Waals surface area (Å²) in [6, 6.07) is 5.81. The van der Waals surface area contributed by atoms with Crippen LogP contribution in [0.4, 0.5) is 8.78 Å². The quantitative estimate of drug-likeness (QED) is 0.420. The smallest absolute Gasteiger partial charge is 0.281 e. The summed E-state index contributed by atoms with van der Waals surface area (Å²) >= 11 is 0. The van der Waals surface area contributed by atoms with E-state index in [2.05, 4.69) is 6.07 Å². The molecule has 0 aliphatic heterocycles. The first kappa shape index (κ1) is 8.70. The Morgan fingerprint density at radius 3 is 2.33 bits per heavy atom. The van der Waals surface area contributed by atoms with Crippen molar-refractivity contribution in [2.45, 2.75) is 0 Å². The van der Waals surface area contributed by atoms with Crippen molar-refractivity contribution in [3.8, 4) is 0 Å². The van der Waals surface area contributed by atoms with Crippen molar-refractivity contribution in [3.05, 3.63) is 35.9 Å². The molecule has 0 nitrogen and oxygen atoms in total. The van der Waals surface area contributed by atoms with Gasteiger partial charge in [0.1, 0.15) is 0 Å². The SMILES string of the molecule is Fc1[c-]cccc1F.[Zn+2]. The van der Waals surface area contributed by atoms with E-state index in [1.807, 2.05) is 0 Å². The van der Waals surface area contributed by atoms with Gasteiger partial charge in [-0.15, -0.1) is 12.1 Å². The minimum Gasteiger partial charge on any atom is -0.281 e. The van der Waals surface area contributed by atoms with E-state index in [0.717, 1.165) is 6.07 Å². The summed E-state index contributed by atoms with van der Waals surface area (Å²) in [6.07, 6.45) is 0. The van der Waals surface area contributed by atoms with Crippen molar-refractivity contribution in [1.29, 1.82) is 0 Å². The van der Waals surface area contributed by atoms with E-state index in [-0.39, 0.29) is 19.5 Å². The number of hydrogen-bond donors (Lipinski definition) is 0. The third-order valence-electron chi connectivity index (χ3n) is 0.759. The van der Waals surface area contributed by atoms with Crippen LogP contribution in [0, 0.1) is 17.7 Å². The van der Waals surface area contributed by atoms with Crippen LogP contribution in [0.2, 0.25) is 0 Å². The van der Waals surface area contributed by atoms with Gasteiger partial charge in [0.05, 0.1) is 0 Å². The molecule has 0 atom stereocenters. The summed E-state index contributed by atoms with van der Waals surface area (Å²) in [6.45, 7) is 0. The maximum atomic E-state index is 11.9. The first-order valence-corrected chi connectivity index (χ1v) is 2.12. The normalized spacial score (nSPS) is 8.22. The number of halogens is 2. The molecule has 0 bridgehead atoms. The second kappa shape index (κ2) is 3.68. The Morgan fingerprint density at radius 1 is 1.33 bits per heavy atom. The van der Waals surface area contributed by atoms with Crippen LogP contribution >= 0.6 is 0 Å². The molecule has 0 heterocycles. The first-order chi connectivity index (χ1) is 3.80. The fourth-order valence-electron chi connectivity index (χ4n) is 0.396. The Kier molecular flexibility index (Phi) is 3.56. The van der Waals surface area contributed by atoms with Crippen molar-refractivity contribution >= 4 is 0 Å². The molecule has 1 aromatic carbocycles. The molecular formula is C6H3F2Zn+. The van der Waals surface area contributed by atoms with Crippen LogP contribution in [0.5, 0.6) is 0 Å². The molecule has 1 aromatic rings. The van der Waals surface area contributed by atoms with E-state index < -0.39 is 11.6 Å². The van der Waals surface area contributed by atoms with Crippen molar-refractivity contribution in [2.24, 2.45) is 0 Å². The zero-order valence-corrected chi connectivity index (χ0v) is 7.66. The second-order valence-corrected chi connectivity index (χ2v) is 1.33. The molecule has 9 heavy (non-hydrogen) atoms. The topological polar surface area (TPSA) is 0 Å². The number of hydrogen-bond acceptors (Lipinski definition) is 0.